The van der Waals surface area contributed by atoms with E-state index in [-0.39, 0.29) is 0 Å². The number of aliphatic hydroxyl groups is 1. The van der Waals surface area contributed by atoms with Crippen molar-refractivity contribution in [1.29, 1.82) is 0 Å². The molecular weight excluding hydrogens is 282 g/mol. The molecule has 0 spiro atoms. The lowest BCUT2D eigenvalue weighted by Gasteiger charge is -2.40. The van der Waals surface area contributed by atoms with Crippen LogP contribution in [0.1, 0.15) is 30.4 Å². The summed E-state index contributed by atoms with van der Waals surface area (Å²) in [7, 11) is 0. The quantitative estimate of drug-likeness (QED) is 0.775. The summed E-state index contributed by atoms with van der Waals surface area (Å²) in [4.78, 5) is 0. The Morgan fingerprint density at radius 1 is 1.29 bits per heavy atom. The maximum absolute atomic E-state index is 10.0. The minimum absolute atomic E-state index is 0.335. The van der Waals surface area contributed by atoms with Crippen LogP contribution in [0.5, 0.6) is 5.75 Å². The van der Waals surface area contributed by atoms with E-state index in [1.165, 1.54) is 30.4 Å². The number of hydrogen-bond donors (Lipinski definition) is 2. The Kier molecular flexibility index (Phi) is 5.97. The minimum Gasteiger partial charge on any atom is -0.491 e. The molecular formula is C17H27NO2S. The molecule has 2 N–H and O–H groups in total. The van der Waals surface area contributed by atoms with Crippen molar-refractivity contribution in [2.24, 2.45) is 0 Å². The van der Waals surface area contributed by atoms with E-state index < -0.39 is 6.10 Å². The first-order chi connectivity index (χ1) is 10.0. The van der Waals surface area contributed by atoms with Gasteiger partial charge >= 0.3 is 0 Å². The van der Waals surface area contributed by atoms with Crippen LogP contribution in [0.2, 0.25) is 0 Å². The molecule has 1 aromatic carbocycles. The topological polar surface area (TPSA) is 41.5 Å². The predicted molar refractivity (Wildman–Crippen MR) is 90.4 cm³/mol. The molecule has 0 radical (unpaired) electrons. The molecule has 21 heavy (non-hydrogen) atoms. The monoisotopic (exact) mass is 309 g/mol. The second-order valence-corrected chi connectivity index (χ2v) is 7.43. The molecule has 4 heteroatoms. The molecule has 1 fully saturated rings. The highest BCUT2D eigenvalue weighted by molar-refractivity contribution is 8.00. The maximum Gasteiger partial charge on any atom is 0.119 e. The van der Waals surface area contributed by atoms with Gasteiger partial charge in [-0.3, -0.25) is 0 Å². The SMILES string of the molecule is CSC1(CNCC(O)COc2cc(C)cc(C)c2)CCC1. The van der Waals surface area contributed by atoms with Gasteiger partial charge in [0.2, 0.25) is 0 Å². The molecule has 1 aromatic rings. The third kappa shape index (κ3) is 4.90. The summed E-state index contributed by atoms with van der Waals surface area (Å²) >= 11 is 1.95. The lowest BCUT2D eigenvalue weighted by molar-refractivity contribution is 0.105. The number of hydrogen-bond acceptors (Lipinski definition) is 4. The zero-order valence-electron chi connectivity index (χ0n) is 13.3. The van der Waals surface area contributed by atoms with Crippen LogP contribution >= 0.6 is 11.8 Å². The summed E-state index contributed by atoms with van der Waals surface area (Å²) in [5.74, 6) is 0.839. The molecule has 1 aliphatic carbocycles. The van der Waals surface area contributed by atoms with Crippen molar-refractivity contribution in [3.05, 3.63) is 29.3 Å². The summed E-state index contributed by atoms with van der Waals surface area (Å²) < 4.78 is 6.09. The van der Waals surface area contributed by atoms with E-state index in [0.717, 1.165) is 12.3 Å². The van der Waals surface area contributed by atoms with E-state index >= 15 is 0 Å². The van der Waals surface area contributed by atoms with Crippen molar-refractivity contribution in [3.8, 4) is 5.75 Å². The second-order valence-electron chi connectivity index (χ2n) is 6.16. The molecule has 1 unspecified atom stereocenters. The maximum atomic E-state index is 10.0. The predicted octanol–water partition coefficient (Wildman–Crippen LogP) is 2.92. The summed E-state index contributed by atoms with van der Waals surface area (Å²) in [5.41, 5.74) is 2.37. The largest absolute Gasteiger partial charge is 0.491 e. The summed E-state index contributed by atoms with van der Waals surface area (Å²) in [6.45, 7) is 6.01. The standard InChI is InChI=1S/C17H27NO2S/c1-13-7-14(2)9-16(8-13)20-11-15(19)10-18-12-17(21-3)5-4-6-17/h7-9,15,18-19H,4-6,10-12H2,1-3H3. The van der Waals surface area contributed by atoms with Gasteiger partial charge in [0.05, 0.1) is 0 Å². The highest BCUT2D eigenvalue weighted by Gasteiger charge is 2.35. The molecule has 2 rings (SSSR count). The fourth-order valence-corrected chi connectivity index (χ4v) is 3.70. The van der Waals surface area contributed by atoms with E-state index in [4.69, 9.17) is 4.74 Å². The molecule has 0 aliphatic heterocycles. The van der Waals surface area contributed by atoms with Gasteiger partial charge in [-0.05, 0) is 56.2 Å². The number of thioether (sulfide) groups is 1. The number of nitrogens with one attached hydrogen (secondary N) is 1. The minimum atomic E-state index is -0.468. The summed E-state index contributed by atoms with van der Waals surface area (Å²) in [6.07, 6.45) is 5.62. The number of rotatable bonds is 8. The second kappa shape index (κ2) is 7.52. The zero-order valence-corrected chi connectivity index (χ0v) is 14.1. The van der Waals surface area contributed by atoms with E-state index in [2.05, 4.69) is 31.5 Å². The van der Waals surface area contributed by atoms with Gasteiger partial charge in [0.15, 0.2) is 0 Å². The Labute approximate surface area is 132 Å². The Morgan fingerprint density at radius 2 is 1.95 bits per heavy atom. The average Bonchev–Trinajstić information content (AvgIpc) is 2.38. The van der Waals surface area contributed by atoms with E-state index in [9.17, 15) is 5.11 Å². The van der Waals surface area contributed by atoms with Gasteiger partial charge in [-0.1, -0.05) is 12.5 Å². The van der Waals surface area contributed by atoms with Crippen molar-refractivity contribution in [3.63, 3.8) is 0 Å². The van der Waals surface area contributed by atoms with Gasteiger partial charge in [0.1, 0.15) is 18.5 Å². The number of ether oxygens (including phenoxy) is 1. The van der Waals surface area contributed by atoms with Crippen molar-refractivity contribution < 1.29 is 9.84 Å². The fourth-order valence-electron chi connectivity index (χ4n) is 2.76. The van der Waals surface area contributed by atoms with Gasteiger partial charge in [0, 0.05) is 17.8 Å². The normalized spacial score (nSPS) is 18.1. The van der Waals surface area contributed by atoms with Crippen LogP contribution in [-0.4, -0.2) is 41.9 Å². The molecule has 0 aromatic heterocycles. The fraction of sp³-hybridized carbons (Fsp3) is 0.647. The van der Waals surface area contributed by atoms with Crippen LogP contribution in [0, 0.1) is 13.8 Å². The summed E-state index contributed by atoms with van der Waals surface area (Å²) in [6, 6.07) is 6.12. The van der Waals surface area contributed by atoms with E-state index in [0.29, 0.717) is 17.9 Å². The third-order valence-electron chi connectivity index (χ3n) is 4.16. The molecule has 0 saturated heterocycles. The number of aryl methyl sites for hydroxylation is 2. The molecule has 118 valence electrons. The number of aliphatic hydroxyl groups excluding tert-OH is 1. The van der Waals surface area contributed by atoms with E-state index in [1.54, 1.807) is 0 Å². The lowest BCUT2D eigenvalue weighted by atomic mass is 9.84. The lowest BCUT2D eigenvalue weighted by Crippen LogP contribution is -2.45. The highest BCUT2D eigenvalue weighted by Crippen LogP contribution is 2.42. The van der Waals surface area contributed by atoms with Crippen LogP contribution in [0.15, 0.2) is 18.2 Å². The first kappa shape index (κ1) is 16.7. The Balaban J connectivity index is 1.68. The van der Waals surface area contributed by atoms with Crippen LogP contribution in [0.25, 0.3) is 0 Å². The third-order valence-corrected chi connectivity index (χ3v) is 5.58. The molecule has 1 aliphatic rings. The van der Waals surface area contributed by atoms with Crippen molar-refractivity contribution in [2.75, 3.05) is 26.0 Å². The van der Waals surface area contributed by atoms with Crippen LogP contribution < -0.4 is 10.1 Å². The van der Waals surface area contributed by atoms with Crippen LogP contribution in [0.4, 0.5) is 0 Å². The average molecular weight is 309 g/mol. The summed E-state index contributed by atoms with van der Waals surface area (Å²) in [5, 5.41) is 13.4. The van der Waals surface area contributed by atoms with Gasteiger partial charge < -0.3 is 15.2 Å². The molecule has 0 heterocycles. The smallest absolute Gasteiger partial charge is 0.119 e. The van der Waals surface area contributed by atoms with Crippen LogP contribution in [-0.2, 0) is 0 Å². The first-order valence-electron chi connectivity index (χ1n) is 7.68. The molecule has 1 saturated carbocycles. The first-order valence-corrected chi connectivity index (χ1v) is 8.90. The van der Waals surface area contributed by atoms with Gasteiger partial charge in [0.25, 0.3) is 0 Å². The Bertz CT molecular complexity index is 434. The number of benzene rings is 1. The van der Waals surface area contributed by atoms with Gasteiger partial charge in [-0.2, -0.15) is 11.8 Å². The molecule has 3 nitrogen and oxygen atoms in total. The van der Waals surface area contributed by atoms with Crippen molar-refractivity contribution in [2.45, 2.75) is 44.0 Å². The molecule has 0 bridgehead atoms. The van der Waals surface area contributed by atoms with Gasteiger partial charge in [-0.25, -0.2) is 0 Å². The van der Waals surface area contributed by atoms with Crippen molar-refractivity contribution in [1.82, 2.24) is 5.32 Å². The molecule has 1 atom stereocenters. The van der Waals surface area contributed by atoms with Crippen molar-refractivity contribution >= 4 is 11.8 Å². The van der Waals surface area contributed by atoms with E-state index in [1.807, 2.05) is 23.9 Å². The zero-order chi connectivity index (χ0) is 15.3. The Hall–Kier alpha value is -0.710. The van der Waals surface area contributed by atoms with Gasteiger partial charge in [-0.15, -0.1) is 0 Å². The highest BCUT2D eigenvalue weighted by atomic mass is 32.2. The van der Waals surface area contributed by atoms with Crippen LogP contribution in [0.3, 0.4) is 0 Å². The Morgan fingerprint density at radius 3 is 2.48 bits per heavy atom. The molecule has 0 amide bonds.